The molecular weight excluding hydrogens is 237 g/mol. The number of hydrogen-bond donors (Lipinski definition) is 2. The number of carboxylic acids is 1. The molecule has 0 heterocycles. The van der Waals surface area contributed by atoms with E-state index in [1.54, 1.807) is 12.1 Å². The lowest BCUT2D eigenvalue weighted by atomic mass is 9.98. The molecule has 0 radical (unpaired) electrons. The zero-order chi connectivity index (χ0) is 10.3. The van der Waals surface area contributed by atoms with Crippen LogP contribution in [0.4, 0.5) is 0 Å². The number of carbonyl (C=O) groups is 1. The van der Waals surface area contributed by atoms with Crippen LogP contribution < -0.4 is 5.73 Å². The van der Waals surface area contributed by atoms with Crippen LogP contribution in [0.25, 0.3) is 0 Å². The molecule has 5 heteroatoms. The Bertz CT molecular complexity index is 408. The molecule has 3 N–H and O–H groups in total. The Labute approximate surface area is 98.6 Å². The van der Waals surface area contributed by atoms with Gasteiger partial charge in [0.05, 0.1) is 0 Å². The quantitative estimate of drug-likeness (QED) is 0.794. The first-order valence-corrected chi connectivity index (χ1v) is 4.69. The van der Waals surface area contributed by atoms with E-state index in [1.807, 2.05) is 6.07 Å². The van der Waals surface area contributed by atoms with Crippen LogP contribution in [0.3, 0.4) is 0 Å². The molecule has 0 amide bonds. The van der Waals surface area contributed by atoms with Crippen molar-refractivity contribution in [2.45, 2.75) is 18.4 Å². The van der Waals surface area contributed by atoms with E-state index in [9.17, 15) is 4.79 Å². The zero-order valence-corrected chi connectivity index (χ0v) is 9.44. The highest BCUT2D eigenvalue weighted by molar-refractivity contribution is 6.30. The van der Waals surface area contributed by atoms with Gasteiger partial charge in [-0.25, -0.2) is 0 Å². The number of halogens is 2. The van der Waals surface area contributed by atoms with Crippen LogP contribution in [0.2, 0.25) is 5.02 Å². The summed E-state index contributed by atoms with van der Waals surface area (Å²) in [5.74, 6) is -0.954. The van der Waals surface area contributed by atoms with Gasteiger partial charge in [0.1, 0.15) is 5.54 Å². The molecule has 1 aromatic rings. The number of nitrogens with two attached hydrogens (primary N) is 1. The normalized spacial score (nSPS) is 23.1. The lowest BCUT2D eigenvalue weighted by Gasteiger charge is -2.16. The summed E-state index contributed by atoms with van der Waals surface area (Å²) in [6.07, 6.45) is 0.743. The summed E-state index contributed by atoms with van der Waals surface area (Å²) in [4.78, 5) is 10.9. The van der Waals surface area contributed by atoms with Gasteiger partial charge in [0, 0.05) is 17.9 Å². The standard InChI is InChI=1S/C10H10ClNO2.ClH/c11-8-2-1-6-4-10(12,9(13)14)5-7(6)3-8;/h1-3H,4-5,12H2,(H,13,14);1H. The maximum atomic E-state index is 10.9. The highest BCUT2D eigenvalue weighted by atomic mass is 35.5. The van der Waals surface area contributed by atoms with E-state index in [-0.39, 0.29) is 12.4 Å². The topological polar surface area (TPSA) is 63.3 Å². The van der Waals surface area contributed by atoms with Gasteiger partial charge < -0.3 is 10.8 Å². The predicted octanol–water partition coefficient (Wildman–Crippen LogP) is 1.64. The van der Waals surface area contributed by atoms with Crippen molar-refractivity contribution in [2.75, 3.05) is 0 Å². The van der Waals surface area contributed by atoms with Crippen molar-refractivity contribution in [3.63, 3.8) is 0 Å². The molecule has 1 aromatic carbocycles. The molecule has 0 spiro atoms. The minimum absolute atomic E-state index is 0. The Morgan fingerprint density at radius 1 is 1.40 bits per heavy atom. The SMILES string of the molecule is Cl.NC1(C(=O)O)Cc2ccc(Cl)cc2C1. The lowest BCUT2D eigenvalue weighted by molar-refractivity contribution is -0.142. The summed E-state index contributed by atoms with van der Waals surface area (Å²) < 4.78 is 0. The van der Waals surface area contributed by atoms with Crippen LogP contribution in [-0.2, 0) is 17.6 Å². The van der Waals surface area contributed by atoms with Crippen molar-refractivity contribution in [1.82, 2.24) is 0 Å². The van der Waals surface area contributed by atoms with E-state index in [0.717, 1.165) is 11.1 Å². The molecule has 0 fully saturated rings. The Morgan fingerprint density at radius 2 is 2.00 bits per heavy atom. The number of aliphatic carboxylic acids is 1. The van der Waals surface area contributed by atoms with Crippen LogP contribution in [-0.4, -0.2) is 16.6 Å². The molecule has 82 valence electrons. The molecular formula is C10H11Cl2NO2. The van der Waals surface area contributed by atoms with Crippen LogP contribution in [0.15, 0.2) is 18.2 Å². The van der Waals surface area contributed by atoms with Gasteiger partial charge >= 0.3 is 5.97 Å². The summed E-state index contributed by atoms with van der Waals surface area (Å²) in [6, 6.07) is 5.39. The molecule has 0 aliphatic heterocycles. The smallest absolute Gasteiger partial charge is 0.324 e. The average Bonchev–Trinajstić information content (AvgIpc) is 2.42. The van der Waals surface area contributed by atoms with Crippen LogP contribution >= 0.6 is 24.0 Å². The largest absolute Gasteiger partial charge is 0.480 e. The summed E-state index contributed by atoms with van der Waals surface area (Å²) in [5, 5.41) is 9.58. The predicted molar refractivity (Wildman–Crippen MR) is 60.7 cm³/mol. The average molecular weight is 248 g/mol. The van der Waals surface area contributed by atoms with Gasteiger partial charge in [0.25, 0.3) is 0 Å². The van der Waals surface area contributed by atoms with Crippen LogP contribution in [0, 0.1) is 0 Å². The van der Waals surface area contributed by atoms with Crippen LogP contribution in [0.5, 0.6) is 0 Å². The van der Waals surface area contributed by atoms with Crippen molar-refractivity contribution in [3.05, 3.63) is 34.3 Å². The van der Waals surface area contributed by atoms with Gasteiger partial charge in [-0.1, -0.05) is 17.7 Å². The number of fused-ring (bicyclic) bond motifs is 1. The Balaban J connectivity index is 0.00000112. The molecule has 0 bridgehead atoms. The third kappa shape index (κ3) is 2.09. The van der Waals surface area contributed by atoms with Crippen LogP contribution in [0.1, 0.15) is 11.1 Å². The van der Waals surface area contributed by atoms with Gasteiger partial charge in [-0.2, -0.15) is 0 Å². The minimum atomic E-state index is -1.15. The van der Waals surface area contributed by atoms with Crippen molar-refractivity contribution >= 4 is 30.0 Å². The Kier molecular flexibility index (Phi) is 3.28. The molecule has 0 aromatic heterocycles. The van der Waals surface area contributed by atoms with Gasteiger partial charge in [-0.15, -0.1) is 12.4 Å². The van der Waals surface area contributed by atoms with Crippen molar-refractivity contribution < 1.29 is 9.90 Å². The molecule has 1 atom stereocenters. The minimum Gasteiger partial charge on any atom is -0.480 e. The number of rotatable bonds is 1. The molecule has 1 aliphatic rings. The van der Waals surface area contributed by atoms with Gasteiger partial charge in [-0.05, 0) is 23.3 Å². The first-order valence-electron chi connectivity index (χ1n) is 4.31. The van der Waals surface area contributed by atoms with E-state index in [4.69, 9.17) is 22.4 Å². The van der Waals surface area contributed by atoms with Gasteiger partial charge in [0.15, 0.2) is 0 Å². The zero-order valence-electron chi connectivity index (χ0n) is 7.87. The second-order valence-electron chi connectivity index (χ2n) is 3.73. The summed E-state index contributed by atoms with van der Waals surface area (Å²) in [5.41, 5.74) is 6.55. The third-order valence-corrected chi connectivity index (χ3v) is 2.84. The van der Waals surface area contributed by atoms with Crippen molar-refractivity contribution in [1.29, 1.82) is 0 Å². The van der Waals surface area contributed by atoms with E-state index in [1.165, 1.54) is 0 Å². The van der Waals surface area contributed by atoms with E-state index >= 15 is 0 Å². The molecule has 0 saturated heterocycles. The third-order valence-electron chi connectivity index (χ3n) is 2.61. The fraction of sp³-hybridized carbons (Fsp3) is 0.300. The number of benzene rings is 1. The first-order chi connectivity index (χ1) is 6.51. The number of carboxylic acid groups (broad SMARTS) is 1. The summed E-state index contributed by atoms with van der Waals surface area (Å²) >= 11 is 5.81. The lowest BCUT2D eigenvalue weighted by Crippen LogP contribution is -2.48. The monoisotopic (exact) mass is 247 g/mol. The Hall–Kier alpha value is -0.770. The fourth-order valence-electron chi connectivity index (χ4n) is 1.82. The summed E-state index contributed by atoms with van der Waals surface area (Å²) in [6.45, 7) is 0. The second-order valence-corrected chi connectivity index (χ2v) is 4.16. The highest BCUT2D eigenvalue weighted by Crippen LogP contribution is 2.30. The number of hydrogen-bond acceptors (Lipinski definition) is 2. The highest BCUT2D eigenvalue weighted by Gasteiger charge is 2.40. The molecule has 0 saturated carbocycles. The fourth-order valence-corrected chi connectivity index (χ4v) is 2.02. The van der Waals surface area contributed by atoms with Gasteiger partial charge in [-0.3, -0.25) is 4.79 Å². The Morgan fingerprint density at radius 3 is 2.60 bits per heavy atom. The second kappa shape index (κ2) is 4.00. The maximum absolute atomic E-state index is 10.9. The molecule has 3 nitrogen and oxygen atoms in total. The molecule has 1 unspecified atom stereocenters. The van der Waals surface area contributed by atoms with Crippen molar-refractivity contribution in [3.8, 4) is 0 Å². The van der Waals surface area contributed by atoms with E-state index in [0.29, 0.717) is 17.9 Å². The molecule has 2 rings (SSSR count). The first kappa shape index (κ1) is 12.3. The van der Waals surface area contributed by atoms with Gasteiger partial charge in [0.2, 0.25) is 0 Å². The van der Waals surface area contributed by atoms with E-state index in [2.05, 4.69) is 0 Å². The van der Waals surface area contributed by atoms with Crippen molar-refractivity contribution in [2.24, 2.45) is 5.73 Å². The molecule has 1 aliphatic carbocycles. The maximum Gasteiger partial charge on any atom is 0.324 e. The summed E-state index contributed by atoms with van der Waals surface area (Å²) in [7, 11) is 0. The van der Waals surface area contributed by atoms with E-state index < -0.39 is 11.5 Å². The molecule has 15 heavy (non-hydrogen) atoms.